The first-order valence-electron chi connectivity index (χ1n) is 8.86. The Morgan fingerprint density at radius 1 is 1.00 bits per heavy atom. The van der Waals surface area contributed by atoms with Gasteiger partial charge in [-0.15, -0.1) is 0 Å². The number of benzene rings is 2. The molecule has 0 aliphatic heterocycles. The quantitative estimate of drug-likeness (QED) is 0.841. The third-order valence-electron chi connectivity index (χ3n) is 4.54. The van der Waals surface area contributed by atoms with Crippen molar-refractivity contribution in [3.8, 4) is 11.5 Å². The molecule has 0 aromatic heterocycles. The zero-order valence-corrected chi connectivity index (χ0v) is 16.6. The second kappa shape index (κ2) is 8.26. The SMILES string of the molecule is COc1cc(C)c(CCNC(=O)c2ccc(C(C)(C)C)cc2)cc1OC. The highest BCUT2D eigenvalue weighted by molar-refractivity contribution is 5.94. The first-order valence-corrected chi connectivity index (χ1v) is 8.86. The Balaban J connectivity index is 1.98. The Labute approximate surface area is 156 Å². The Morgan fingerprint density at radius 2 is 1.58 bits per heavy atom. The first kappa shape index (κ1) is 19.8. The van der Waals surface area contributed by atoms with Crippen molar-refractivity contribution >= 4 is 5.91 Å². The van der Waals surface area contributed by atoms with Crippen molar-refractivity contribution < 1.29 is 14.3 Å². The van der Waals surface area contributed by atoms with E-state index in [0.717, 1.165) is 23.3 Å². The maximum Gasteiger partial charge on any atom is 0.251 e. The van der Waals surface area contributed by atoms with Gasteiger partial charge < -0.3 is 14.8 Å². The summed E-state index contributed by atoms with van der Waals surface area (Å²) in [6.07, 6.45) is 0.734. The number of amides is 1. The summed E-state index contributed by atoms with van der Waals surface area (Å²) >= 11 is 0. The molecule has 2 rings (SSSR count). The van der Waals surface area contributed by atoms with Crippen molar-refractivity contribution in [1.29, 1.82) is 0 Å². The Kier molecular flexibility index (Phi) is 6.30. The number of carbonyl (C=O) groups is 1. The van der Waals surface area contributed by atoms with Crippen LogP contribution >= 0.6 is 0 Å². The lowest BCUT2D eigenvalue weighted by Gasteiger charge is -2.19. The molecule has 0 spiro atoms. The molecular weight excluding hydrogens is 326 g/mol. The van der Waals surface area contributed by atoms with Crippen LogP contribution in [0.3, 0.4) is 0 Å². The van der Waals surface area contributed by atoms with E-state index >= 15 is 0 Å². The average Bonchev–Trinajstić information content (AvgIpc) is 2.61. The Morgan fingerprint density at radius 3 is 2.12 bits per heavy atom. The molecule has 1 amide bonds. The summed E-state index contributed by atoms with van der Waals surface area (Å²) < 4.78 is 10.7. The van der Waals surface area contributed by atoms with Crippen molar-refractivity contribution in [2.24, 2.45) is 0 Å². The molecule has 2 aromatic carbocycles. The fourth-order valence-electron chi connectivity index (χ4n) is 2.83. The molecule has 26 heavy (non-hydrogen) atoms. The van der Waals surface area contributed by atoms with Gasteiger partial charge in [0.25, 0.3) is 5.91 Å². The summed E-state index contributed by atoms with van der Waals surface area (Å²) in [4.78, 5) is 12.3. The molecule has 0 fully saturated rings. The molecule has 0 aliphatic carbocycles. The van der Waals surface area contributed by atoms with E-state index < -0.39 is 0 Å². The number of hydrogen-bond acceptors (Lipinski definition) is 3. The number of hydrogen-bond donors (Lipinski definition) is 1. The molecule has 0 unspecified atom stereocenters. The number of nitrogens with one attached hydrogen (secondary N) is 1. The van der Waals surface area contributed by atoms with Gasteiger partial charge in [-0.2, -0.15) is 0 Å². The summed E-state index contributed by atoms with van der Waals surface area (Å²) in [5, 5.41) is 2.99. The van der Waals surface area contributed by atoms with Gasteiger partial charge >= 0.3 is 0 Å². The van der Waals surface area contributed by atoms with Crippen molar-refractivity contribution in [2.75, 3.05) is 20.8 Å². The lowest BCUT2D eigenvalue weighted by molar-refractivity contribution is 0.0954. The molecule has 0 aliphatic rings. The van der Waals surface area contributed by atoms with E-state index in [1.807, 2.05) is 43.3 Å². The Hall–Kier alpha value is -2.49. The second-order valence-corrected chi connectivity index (χ2v) is 7.47. The predicted molar refractivity (Wildman–Crippen MR) is 105 cm³/mol. The molecule has 0 saturated carbocycles. The molecule has 0 heterocycles. The predicted octanol–water partition coefficient (Wildman–Crippen LogP) is 4.28. The van der Waals surface area contributed by atoms with E-state index in [1.165, 1.54) is 5.56 Å². The number of carbonyl (C=O) groups excluding carboxylic acids is 1. The molecule has 4 heteroatoms. The van der Waals surface area contributed by atoms with Gasteiger partial charge in [0.15, 0.2) is 11.5 Å². The van der Waals surface area contributed by atoms with Crippen molar-refractivity contribution in [3.05, 3.63) is 58.7 Å². The van der Waals surface area contributed by atoms with Gasteiger partial charge in [-0.1, -0.05) is 32.9 Å². The van der Waals surface area contributed by atoms with Crippen LogP contribution in [-0.2, 0) is 11.8 Å². The van der Waals surface area contributed by atoms with Crippen LogP contribution < -0.4 is 14.8 Å². The maximum atomic E-state index is 12.3. The molecule has 0 saturated heterocycles. The number of ether oxygens (including phenoxy) is 2. The summed E-state index contributed by atoms with van der Waals surface area (Å²) in [6.45, 7) is 9.08. The van der Waals surface area contributed by atoms with Crippen molar-refractivity contribution in [3.63, 3.8) is 0 Å². The zero-order valence-electron chi connectivity index (χ0n) is 16.6. The van der Waals surface area contributed by atoms with Crippen LogP contribution in [0.15, 0.2) is 36.4 Å². The van der Waals surface area contributed by atoms with Gasteiger partial charge in [0.05, 0.1) is 14.2 Å². The number of rotatable bonds is 6. The minimum absolute atomic E-state index is 0.0522. The van der Waals surface area contributed by atoms with Gasteiger partial charge in [-0.05, 0) is 59.7 Å². The van der Waals surface area contributed by atoms with E-state index in [2.05, 4.69) is 26.1 Å². The molecule has 1 N–H and O–H groups in total. The molecular formula is C22H29NO3. The van der Waals surface area contributed by atoms with Crippen LogP contribution in [0.2, 0.25) is 0 Å². The lowest BCUT2D eigenvalue weighted by atomic mass is 9.87. The monoisotopic (exact) mass is 355 g/mol. The summed E-state index contributed by atoms with van der Waals surface area (Å²) in [6, 6.07) is 11.7. The molecule has 0 bridgehead atoms. The second-order valence-electron chi connectivity index (χ2n) is 7.47. The van der Waals surface area contributed by atoms with E-state index in [-0.39, 0.29) is 11.3 Å². The minimum atomic E-state index is -0.0522. The molecule has 0 radical (unpaired) electrons. The summed E-state index contributed by atoms with van der Waals surface area (Å²) in [5.41, 5.74) is 4.23. The standard InChI is InChI=1S/C22H29NO3/c1-15-13-19(25-5)20(26-6)14-17(15)11-12-23-21(24)16-7-9-18(10-8-16)22(2,3)4/h7-10,13-14H,11-12H2,1-6H3,(H,23,24). The van der Waals surface area contributed by atoms with Crippen LogP contribution in [0.1, 0.15) is 47.8 Å². The lowest BCUT2D eigenvalue weighted by Crippen LogP contribution is -2.26. The maximum absolute atomic E-state index is 12.3. The number of aryl methyl sites for hydroxylation is 1. The van der Waals surface area contributed by atoms with Gasteiger partial charge in [-0.3, -0.25) is 4.79 Å². The van der Waals surface area contributed by atoms with Crippen LogP contribution in [0.25, 0.3) is 0 Å². The smallest absolute Gasteiger partial charge is 0.251 e. The fraction of sp³-hybridized carbons (Fsp3) is 0.409. The van der Waals surface area contributed by atoms with Gasteiger partial charge in [0, 0.05) is 12.1 Å². The van der Waals surface area contributed by atoms with Crippen LogP contribution in [0.4, 0.5) is 0 Å². The van der Waals surface area contributed by atoms with E-state index in [9.17, 15) is 4.79 Å². The number of methoxy groups -OCH3 is 2. The van der Waals surface area contributed by atoms with E-state index in [1.54, 1.807) is 14.2 Å². The highest BCUT2D eigenvalue weighted by atomic mass is 16.5. The van der Waals surface area contributed by atoms with Crippen molar-refractivity contribution in [2.45, 2.75) is 39.5 Å². The zero-order chi connectivity index (χ0) is 19.3. The first-order chi connectivity index (χ1) is 12.3. The molecule has 140 valence electrons. The largest absolute Gasteiger partial charge is 0.493 e. The molecule has 0 atom stereocenters. The van der Waals surface area contributed by atoms with Gasteiger partial charge in [0.2, 0.25) is 0 Å². The Bertz CT molecular complexity index is 758. The summed E-state index contributed by atoms with van der Waals surface area (Å²) in [7, 11) is 3.25. The van der Waals surface area contributed by atoms with Gasteiger partial charge in [0.1, 0.15) is 0 Å². The van der Waals surface area contributed by atoms with Crippen LogP contribution in [-0.4, -0.2) is 26.7 Å². The van der Waals surface area contributed by atoms with Crippen molar-refractivity contribution in [1.82, 2.24) is 5.32 Å². The summed E-state index contributed by atoms with van der Waals surface area (Å²) in [5.74, 6) is 1.37. The molecule has 4 nitrogen and oxygen atoms in total. The molecule has 2 aromatic rings. The topological polar surface area (TPSA) is 47.6 Å². The third-order valence-corrected chi connectivity index (χ3v) is 4.54. The highest BCUT2D eigenvalue weighted by Gasteiger charge is 2.14. The normalized spacial score (nSPS) is 11.2. The van der Waals surface area contributed by atoms with Gasteiger partial charge in [-0.25, -0.2) is 0 Å². The van der Waals surface area contributed by atoms with E-state index in [4.69, 9.17) is 9.47 Å². The average molecular weight is 355 g/mol. The van der Waals surface area contributed by atoms with Crippen LogP contribution in [0.5, 0.6) is 11.5 Å². The van der Waals surface area contributed by atoms with Crippen LogP contribution in [0, 0.1) is 6.92 Å². The highest BCUT2D eigenvalue weighted by Crippen LogP contribution is 2.30. The minimum Gasteiger partial charge on any atom is -0.493 e. The fourth-order valence-corrected chi connectivity index (χ4v) is 2.83. The van der Waals surface area contributed by atoms with E-state index in [0.29, 0.717) is 17.9 Å². The third kappa shape index (κ3) is 4.78.